The molecule has 0 aliphatic heterocycles. The highest BCUT2D eigenvalue weighted by Crippen LogP contribution is 2.26. The molecule has 4 aromatic rings. The van der Waals surface area contributed by atoms with Crippen LogP contribution in [-0.4, -0.2) is 28.9 Å². The van der Waals surface area contributed by atoms with E-state index in [0.29, 0.717) is 30.6 Å². The molecule has 0 fully saturated rings. The molecule has 4 rings (SSSR count). The molecule has 0 aliphatic rings. The second kappa shape index (κ2) is 9.09. The molecule has 0 unspecified atom stereocenters. The quantitative estimate of drug-likeness (QED) is 0.454. The first-order valence-electron chi connectivity index (χ1n) is 9.74. The van der Waals surface area contributed by atoms with Crippen molar-refractivity contribution in [2.45, 2.75) is 19.3 Å². The monoisotopic (exact) mass is 423 g/mol. The Hall–Kier alpha value is -3.19. The minimum atomic E-state index is -0.291. The minimum absolute atomic E-state index is 0.0114. The highest BCUT2D eigenvalue weighted by Gasteiger charge is 2.13. The molecule has 2 heterocycles. The first-order chi connectivity index (χ1) is 14.6. The van der Waals surface area contributed by atoms with Gasteiger partial charge in [-0.2, -0.15) is 0 Å². The van der Waals surface area contributed by atoms with Gasteiger partial charge in [0.1, 0.15) is 11.6 Å². The van der Waals surface area contributed by atoms with E-state index in [1.807, 2.05) is 40.2 Å². The van der Waals surface area contributed by atoms with Crippen LogP contribution >= 0.6 is 11.3 Å². The Kier molecular flexibility index (Phi) is 6.09. The van der Waals surface area contributed by atoms with Gasteiger partial charge in [0.2, 0.25) is 5.91 Å². The Labute approximate surface area is 178 Å². The summed E-state index contributed by atoms with van der Waals surface area (Å²) in [6.07, 6.45) is 3.59. The van der Waals surface area contributed by atoms with Gasteiger partial charge in [0.05, 0.1) is 12.8 Å². The molecule has 0 spiro atoms. The maximum absolute atomic E-state index is 14.0. The summed E-state index contributed by atoms with van der Waals surface area (Å²) in [7, 11) is 1.64. The number of ether oxygens (including phenoxy) is 1. The first-order valence-corrected chi connectivity index (χ1v) is 10.6. The van der Waals surface area contributed by atoms with Crippen LogP contribution in [0.2, 0.25) is 0 Å². The normalized spacial score (nSPS) is 11.0. The van der Waals surface area contributed by atoms with Crippen molar-refractivity contribution in [1.82, 2.24) is 14.7 Å². The molecule has 7 heteroatoms. The molecule has 0 saturated heterocycles. The van der Waals surface area contributed by atoms with Gasteiger partial charge in [-0.15, -0.1) is 11.3 Å². The number of aromatic nitrogens is 2. The fourth-order valence-corrected chi connectivity index (χ4v) is 4.18. The van der Waals surface area contributed by atoms with Crippen molar-refractivity contribution in [1.29, 1.82) is 0 Å². The number of hydrogen-bond donors (Lipinski definition) is 1. The average molecular weight is 424 g/mol. The third-order valence-electron chi connectivity index (χ3n) is 4.94. The van der Waals surface area contributed by atoms with E-state index in [2.05, 4.69) is 10.3 Å². The SMILES string of the molecule is COc1ccc(CCNC(=O)CCc2csc3nc(-c4ccccc4F)cn23)cc1. The first kappa shape index (κ1) is 20.1. The van der Waals surface area contributed by atoms with E-state index in [0.717, 1.165) is 28.4 Å². The van der Waals surface area contributed by atoms with E-state index in [4.69, 9.17) is 4.74 Å². The molecule has 0 radical (unpaired) electrons. The number of rotatable bonds is 8. The molecule has 1 N–H and O–H groups in total. The zero-order valence-electron chi connectivity index (χ0n) is 16.6. The number of halogens is 1. The van der Waals surface area contributed by atoms with Crippen molar-refractivity contribution in [3.63, 3.8) is 0 Å². The Bertz CT molecular complexity index is 1150. The van der Waals surface area contributed by atoms with Crippen molar-refractivity contribution in [3.8, 4) is 17.0 Å². The largest absolute Gasteiger partial charge is 0.497 e. The second-order valence-electron chi connectivity index (χ2n) is 6.93. The molecule has 2 aromatic heterocycles. The fraction of sp³-hybridized carbons (Fsp3) is 0.217. The number of methoxy groups -OCH3 is 1. The van der Waals surface area contributed by atoms with Gasteiger partial charge in [-0.25, -0.2) is 9.37 Å². The van der Waals surface area contributed by atoms with Crippen LogP contribution in [0.4, 0.5) is 4.39 Å². The van der Waals surface area contributed by atoms with E-state index in [9.17, 15) is 9.18 Å². The molecule has 0 atom stereocenters. The van der Waals surface area contributed by atoms with Gasteiger partial charge in [-0.3, -0.25) is 9.20 Å². The van der Waals surface area contributed by atoms with Gasteiger partial charge in [0.25, 0.3) is 0 Å². The lowest BCUT2D eigenvalue weighted by Gasteiger charge is -2.06. The maximum Gasteiger partial charge on any atom is 0.220 e. The number of amides is 1. The van der Waals surface area contributed by atoms with E-state index in [1.54, 1.807) is 25.3 Å². The Morgan fingerprint density at radius 2 is 1.97 bits per heavy atom. The lowest BCUT2D eigenvalue weighted by molar-refractivity contribution is -0.121. The zero-order chi connectivity index (χ0) is 20.9. The lowest BCUT2D eigenvalue weighted by atomic mass is 10.1. The Morgan fingerprint density at radius 3 is 2.73 bits per heavy atom. The average Bonchev–Trinajstić information content (AvgIpc) is 3.34. The number of imidazole rings is 1. The minimum Gasteiger partial charge on any atom is -0.497 e. The summed E-state index contributed by atoms with van der Waals surface area (Å²) in [5.41, 5.74) is 3.23. The second-order valence-corrected chi connectivity index (χ2v) is 7.77. The number of nitrogens with one attached hydrogen (secondary N) is 1. The molecule has 1 amide bonds. The molecule has 0 aliphatic carbocycles. The Morgan fingerprint density at radius 1 is 1.17 bits per heavy atom. The van der Waals surface area contributed by atoms with Gasteiger partial charge in [-0.1, -0.05) is 24.3 Å². The van der Waals surface area contributed by atoms with E-state index < -0.39 is 0 Å². The predicted octanol–water partition coefficient (Wildman–Crippen LogP) is 4.50. The van der Waals surface area contributed by atoms with E-state index >= 15 is 0 Å². The molecular weight excluding hydrogens is 401 g/mol. The van der Waals surface area contributed by atoms with Gasteiger partial charge in [0.15, 0.2) is 4.96 Å². The summed E-state index contributed by atoms with van der Waals surface area (Å²) in [4.78, 5) is 17.5. The third kappa shape index (κ3) is 4.52. The zero-order valence-corrected chi connectivity index (χ0v) is 17.4. The number of nitrogens with zero attached hydrogens (tertiary/aromatic N) is 2. The van der Waals surface area contributed by atoms with Crippen molar-refractivity contribution in [2.24, 2.45) is 0 Å². The van der Waals surface area contributed by atoms with Crippen LogP contribution in [0, 0.1) is 5.82 Å². The van der Waals surface area contributed by atoms with Crippen LogP contribution in [0.25, 0.3) is 16.2 Å². The molecule has 5 nitrogen and oxygen atoms in total. The number of carbonyl (C=O) groups excluding carboxylic acids is 1. The van der Waals surface area contributed by atoms with Crippen molar-refractivity contribution >= 4 is 22.2 Å². The van der Waals surface area contributed by atoms with Gasteiger partial charge in [-0.05, 0) is 42.7 Å². The number of fused-ring (bicyclic) bond motifs is 1. The maximum atomic E-state index is 14.0. The van der Waals surface area contributed by atoms with Gasteiger partial charge in [0, 0.05) is 35.8 Å². The smallest absolute Gasteiger partial charge is 0.220 e. The summed E-state index contributed by atoms with van der Waals surface area (Å²) >= 11 is 1.49. The lowest BCUT2D eigenvalue weighted by Crippen LogP contribution is -2.26. The summed E-state index contributed by atoms with van der Waals surface area (Å²) in [6.45, 7) is 0.590. The summed E-state index contributed by atoms with van der Waals surface area (Å²) in [5.74, 6) is 0.542. The van der Waals surface area contributed by atoms with Crippen LogP contribution in [0.3, 0.4) is 0 Å². The van der Waals surface area contributed by atoms with Crippen molar-refractivity contribution < 1.29 is 13.9 Å². The van der Waals surface area contributed by atoms with Crippen LogP contribution in [0.1, 0.15) is 17.7 Å². The summed E-state index contributed by atoms with van der Waals surface area (Å²) in [6, 6.07) is 14.4. The fourth-order valence-electron chi connectivity index (χ4n) is 3.28. The van der Waals surface area contributed by atoms with Crippen molar-refractivity contribution in [2.75, 3.05) is 13.7 Å². The number of hydrogen-bond acceptors (Lipinski definition) is 4. The molecule has 154 valence electrons. The summed E-state index contributed by atoms with van der Waals surface area (Å²) in [5, 5.41) is 4.97. The third-order valence-corrected chi connectivity index (χ3v) is 5.83. The van der Waals surface area contributed by atoms with Gasteiger partial charge < -0.3 is 10.1 Å². The highest BCUT2D eigenvalue weighted by atomic mass is 32.1. The van der Waals surface area contributed by atoms with Crippen LogP contribution in [-0.2, 0) is 17.6 Å². The van der Waals surface area contributed by atoms with Crippen LogP contribution < -0.4 is 10.1 Å². The number of benzene rings is 2. The molecular formula is C23H22FN3O2S. The Balaban J connectivity index is 1.32. The topological polar surface area (TPSA) is 55.6 Å². The summed E-state index contributed by atoms with van der Waals surface area (Å²) < 4.78 is 21.1. The van der Waals surface area contributed by atoms with Crippen LogP contribution in [0.5, 0.6) is 5.75 Å². The predicted molar refractivity (Wildman–Crippen MR) is 116 cm³/mol. The molecule has 0 saturated carbocycles. The van der Waals surface area contributed by atoms with Crippen LogP contribution in [0.15, 0.2) is 60.1 Å². The highest BCUT2D eigenvalue weighted by molar-refractivity contribution is 7.15. The number of aryl methyl sites for hydroxylation is 1. The molecule has 30 heavy (non-hydrogen) atoms. The standard InChI is InChI=1S/C23H22FN3O2S/c1-29-18-9-6-16(7-10-18)12-13-25-22(28)11-8-17-15-30-23-26-21(14-27(17)23)19-4-2-3-5-20(19)24/h2-7,9-10,14-15H,8,11-13H2,1H3,(H,25,28). The van der Waals surface area contributed by atoms with E-state index in [-0.39, 0.29) is 11.7 Å². The number of carbonyl (C=O) groups is 1. The van der Waals surface area contributed by atoms with Crippen molar-refractivity contribution in [3.05, 3.63) is 77.2 Å². The molecule has 0 bridgehead atoms. The molecule has 2 aromatic carbocycles. The number of thiazole rings is 1. The van der Waals surface area contributed by atoms with E-state index in [1.165, 1.54) is 17.4 Å². The van der Waals surface area contributed by atoms with Gasteiger partial charge >= 0.3 is 0 Å².